The summed E-state index contributed by atoms with van der Waals surface area (Å²) in [6, 6.07) is 12.8. The standard InChI is InChI=1S/C21H22N2O4S/c1-5-27-17-11-8-15(12-18(17)26-4)20(24)23-21-22-19(13(2)28-21)14-6-9-16(25-3)10-7-14/h6-12H,5H2,1-4H3,(H,22,23,24). The third-order valence-electron chi connectivity index (χ3n) is 4.11. The summed E-state index contributed by atoms with van der Waals surface area (Å²) in [4.78, 5) is 18.2. The van der Waals surface area contributed by atoms with Crippen LogP contribution in [-0.2, 0) is 0 Å². The van der Waals surface area contributed by atoms with E-state index in [1.54, 1.807) is 32.4 Å². The minimum absolute atomic E-state index is 0.253. The van der Waals surface area contributed by atoms with Crippen LogP contribution in [-0.4, -0.2) is 31.7 Å². The number of hydrogen-bond acceptors (Lipinski definition) is 6. The number of methoxy groups -OCH3 is 2. The first-order valence-electron chi connectivity index (χ1n) is 8.79. The van der Waals surface area contributed by atoms with Crippen molar-refractivity contribution in [3.05, 3.63) is 52.9 Å². The second-order valence-corrected chi connectivity index (χ2v) is 7.11. The number of nitrogens with zero attached hydrogens (tertiary/aromatic N) is 1. The van der Waals surface area contributed by atoms with Gasteiger partial charge in [-0.2, -0.15) is 0 Å². The van der Waals surface area contributed by atoms with Crippen LogP contribution in [0.1, 0.15) is 22.2 Å². The molecular weight excluding hydrogens is 376 g/mol. The van der Waals surface area contributed by atoms with E-state index < -0.39 is 0 Å². The molecule has 0 aliphatic heterocycles. The van der Waals surface area contributed by atoms with Crippen LogP contribution in [0.15, 0.2) is 42.5 Å². The predicted octanol–water partition coefficient (Wildman–Crippen LogP) is 4.79. The van der Waals surface area contributed by atoms with Gasteiger partial charge in [0, 0.05) is 16.0 Å². The molecule has 3 rings (SSSR count). The predicted molar refractivity (Wildman–Crippen MR) is 111 cm³/mol. The molecular formula is C21H22N2O4S. The van der Waals surface area contributed by atoms with Gasteiger partial charge in [-0.1, -0.05) is 0 Å². The Balaban J connectivity index is 1.79. The molecule has 6 nitrogen and oxygen atoms in total. The van der Waals surface area contributed by atoms with Gasteiger partial charge in [0.2, 0.25) is 0 Å². The Labute approximate surface area is 168 Å². The number of ether oxygens (including phenoxy) is 3. The molecule has 0 bridgehead atoms. The Bertz CT molecular complexity index is 967. The van der Waals surface area contributed by atoms with Gasteiger partial charge in [0.1, 0.15) is 5.75 Å². The van der Waals surface area contributed by atoms with E-state index in [0.717, 1.165) is 21.9 Å². The molecule has 2 aromatic carbocycles. The average molecular weight is 398 g/mol. The molecule has 1 aromatic heterocycles. The Hall–Kier alpha value is -3.06. The first-order chi connectivity index (χ1) is 13.5. The Morgan fingerprint density at radius 1 is 1.07 bits per heavy atom. The van der Waals surface area contributed by atoms with Crippen molar-refractivity contribution in [3.8, 4) is 28.5 Å². The van der Waals surface area contributed by atoms with Crippen molar-refractivity contribution in [3.63, 3.8) is 0 Å². The van der Waals surface area contributed by atoms with E-state index in [9.17, 15) is 4.79 Å². The number of anilines is 1. The molecule has 0 radical (unpaired) electrons. The summed E-state index contributed by atoms with van der Waals surface area (Å²) in [6.45, 7) is 4.40. The third-order valence-corrected chi connectivity index (χ3v) is 4.99. The maximum Gasteiger partial charge on any atom is 0.257 e. The molecule has 0 aliphatic carbocycles. The van der Waals surface area contributed by atoms with Crippen LogP contribution < -0.4 is 19.5 Å². The van der Waals surface area contributed by atoms with Crippen molar-refractivity contribution in [2.24, 2.45) is 0 Å². The van der Waals surface area contributed by atoms with Gasteiger partial charge < -0.3 is 14.2 Å². The molecule has 0 atom stereocenters. The maximum absolute atomic E-state index is 12.6. The first-order valence-corrected chi connectivity index (χ1v) is 9.61. The lowest BCUT2D eigenvalue weighted by molar-refractivity contribution is 0.102. The van der Waals surface area contributed by atoms with Crippen LogP contribution in [0.3, 0.4) is 0 Å². The van der Waals surface area contributed by atoms with Crippen molar-refractivity contribution >= 4 is 22.4 Å². The fourth-order valence-corrected chi connectivity index (χ4v) is 3.55. The van der Waals surface area contributed by atoms with Gasteiger partial charge >= 0.3 is 0 Å². The second kappa shape index (κ2) is 8.75. The zero-order chi connectivity index (χ0) is 20.1. The van der Waals surface area contributed by atoms with Gasteiger partial charge in [-0.15, -0.1) is 11.3 Å². The number of carbonyl (C=O) groups is 1. The summed E-state index contributed by atoms with van der Waals surface area (Å²) < 4.78 is 16.0. The molecule has 0 unspecified atom stereocenters. The molecule has 1 heterocycles. The number of thiazole rings is 1. The first kappa shape index (κ1) is 19.7. The van der Waals surface area contributed by atoms with E-state index in [1.807, 2.05) is 38.1 Å². The number of nitrogens with one attached hydrogen (secondary N) is 1. The highest BCUT2D eigenvalue weighted by Gasteiger charge is 2.15. The van der Waals surface area contributed by atoms with Gasteiger partial charge in [-0.25, -0.2) is 4.98 Å². The number of carbonyl (C=O) groups excluding carboxylic acids is 1. The van der Waals surface area contributed by atoms with Crippen molar-refractivity contribution < 1.29 is 19.0 Å². The lowest BCUT2D eigenvalue weighted by Gasteiger charge is -2.10. The van der Waals surface area contributed by atoms with Crippen molar-refractivity contribution in [2.75, 3.05) is 26.1 Å². The second-order valence-electron chi connectivity index (χ2n) is 5.91. The van der Waals surface area contributed by atoms with Crippen LogP contribution in [0, 0.1) is 6.92 Å². The van der Waals surface area contributed by atoms with E-state index >= 15 is 0 Å². The van der Waals surface area contributed by atoms with Crippen LogP contribution in [0.25, 0.3) is 11.3 Å². The van der Waals surface area contributed by atoms with Gasteiger partial charge in [0.25, 0.3) is 5.91 Å². The molecule has 0 saturated carbocycles. The van der Waals surface area contributed by atoms with Gasteiger partial charge in [-0.05, 0) is 56.3 Å². The quantitative estimate of drug-likeness (QED) is 0.620. The van der Waals surface area contributed by atoms with Crippen LogP contribution >= 0.6 is 11.3 Å². The van der Waals surface area contributed by atoms with Crippen molar-refractivity contribution in [1.29, 1.82) is 0 Å². The summed E-state index contributed by atoms with van der Waals surface area (Å²) in [6.07, 6.45) is 0. The number of aromatic nitrogens is 1. The minimum atomic E-state index is -0.253. The summed E-state index contributed by atoms with van der Waals surface area (Å²) in [5, 5.41) is 3.40. The number of amides is 1. The monoisotopic (exact) mass is 398 g/mol. The molecule has 0 spiro atoms. The molecule has 146 valence electrons. The largest absolute Gasteiger partial charge is 0.497 e. The van der Waals surface area contributed by atoms with Crippen LogP contribution in [0.5, 0.6) is 17.2 Å². The number of aryl methyl sites for hydroxylation is 1. The van der Waals surface area contributed by atoms with Gasteiger partial charge in [0.05, 0.1) is 26.5 Å². The van der Waals surface area contributed by atoms with Crippen molar-refractivity contribution in [1.82, 2.24) is 4.98 Å². The van der Waals surface area contributed by atoms with E-state index in [0.29, 0.717) is 28.8 Å². The topological polar surface area (TPSA) is 69.7 Å². The fraction of sp³-hybridized carbons (Fsp3) is 0.238. The lowest BCUT2D eigenvalue weighted by Crippen LogP contribution is -2.12. The van der Waals surface area contributed by atoms with Crippen LogP contribution in [0.4, 0.5) is 5.13 Å². The lowest BCUT2D eigenvalue weighted by atomic mass is 10.1. The highest BCUT2D eigenvalue weighted by Crippen LogP contribution is 2.32. The molecule has 0 aliphatic rings. The zero-order valence-corrected chi connectivity index (χ0v) is 17.1. The third kappa shape index (κ3) is 4.26. The summed E-state index contributed by atoms with van der Waals surface area (Å²) in [5.41, 5.74) is 2.28. The van der Waals surface area contributed by atoms with E-state index in [-0.39, 0.29) is 5.91 Å². The maximum atomic E-state index is 12.6. The molecule has 28 heavy (non-hydrogen) atoms. The Morgan fingerprint density at radius 2 is 1.82 bits per heavy atom. The molecule has 7 heteroatoms. The van der Waals surface area contributed by atoms with E-state index in [2.05, 4.69) is 10.3 Å². The smallest absolute Gasteiger partial charge is 0.257 e. The molecule has 3 aromatic rings. The number of rotatable bonds is 7. The fourth-order valence-electron chi connectivity index (χ4n) is 2.72. The summed E-state index contributed by atoms with van der Waals surface area (Å²) in [7, 11) is 3.18. The highest BCUT2D eigenvalue weighted by atomic mass is 32.1. The summed E-state index contributed by atoms with van der Waals surface area (Å²) in [5.74, 6) is 1.66. The van der Waals surface area contributed by atoms with Gasteiger partial charge in [-0.3, -0.25) is 10.1 Å². The molecule has 0 saturated heterocycles. The van der Waals surface area contributed by atoms with Crippen molar-refractivity contribution in [2.45, 2.75) is 13.8 Å². The van der Waals surface area contributed by atoms with E-state index in [1.165, 1.54) is 11.3 Å². The number of benzene rings is 2. The normalized spacial score (nSPS) is 10.4. The average Bonchev–Trinajstić information content (AvgIpc) is 3.08. The SMILES string of the molecule is CCOc1ccc(C(=O)Nc2nc(-c3ccc(OC)cc3)c(C)s2)cc1OC. The minimum Gasteiger partial charge on any atom is -0.497 e. The molecule has 0 fully saturated rings. The molecule has 1 N–H and O–H groups in total. The number of hydrogen-bond donors (Lipinski definition) is 1. The van der Waals surface area contributed by atoms with Gasteiger partial charge in [0.15, 0.2) is 16.6 Å². The van der Waals surface area contributed by atoms with E-state index in [4.69, 9.17) is 14.2 Å². The molecule has 1 amide bonds. The Morgan fingerprint density at radius 3 is 2.46 bits per heavy atom. The van der Waals surface area contributed by atoms with Crippen LogP contribution in [0.2, 0.25) is 0 Å². The zero-order valence-electron chi connectivity index (χ0n) is 16.2. The highest BCUT2D eigenvalue weighted by molar-refractivity contribution is 7.16. The Kier molecular flexibility index (Phi) is 6.16. The summed E-state index contributed by atoms with van der Waals surface area (Å²) >= 11 is 1.43.